The number of rotatable bonds is 11. The van der Waals surface area contributed by atoms with E-state index in [1.807, 2.05) is 17.0 Å². The third-order valence-electron chi connectivity index (χ3n) is 15.0. The molecule has 0 unspecified atom stereocenters. The minimum atomic E-state index is -2.66. The molecule has 5 aromatic rings. The normalized spacial score (nSPS) is 20.4. The Morgan fingerprint density at radius 1 is 0.942 bits per heavy atom. The smallest absolute Gasteiger partial charge is 0.272 e. The van der Waals surface area contributed by atoms with Gasteiger partial charge in [0.2, 0.25) is 5.91 Å². The van der Waals surface area contributed by atoms with Gasteiger partial charge in [-0.1, -0.05) is 11.6 Å². The maximum Gasteiger partial charge on any atom is 0.272 e. The van der Waals surface area contributed by atoms with Gasteiger partial charge in [0.25, 0.3) is 12.3 Å². The first kappa shape index (κ1) is 46.6. The molecule has 0 bridgehead atoms. The van der Waals surface area contributed by atoms with Crippen LogP contribution >= 0.6 is 11.6 Å². The van der Waals surface area contributed by atoms with E-state index in [1.54, 1.807) is 61.4 Å². The Labute approximate surface area is 406 Å². The summed E-state index contributed by atoms with van der Waals surface area (Å²) in [5, 5.41) is 31.1. The summed E-state index contributed by atoms with van der Waals surface area (Å²) in [5.74, 6) is 2.59. The number of nitrogens with zero attached hydrogens (tertiary/aromatic N) is 11. The number of hydrogen-bond acceptors (Lipinski definition) is 11. The molecule has 15 nitrogen and oxygen atoms in total. The summed E-state index contributed by atoms with van der Waals surface area (Å²) in [7, 11) is 1.79. The number of aromatic nitrogens is 6. The number of halogens is 3. The Morgan fingerprint density at radius 2 is 1.74 bits per heavy atom. The van der Waals surface area contributed by atoms with E-state index in [-0.39, 0.29) is 35.6 Å². The minimum absolute atomic E-state index is 0.0123. The summed E-state index contributed by atoms with van der Waals surface area (Å²) in [6.45, 7) is 8.10. The molecular weight excluding hydrogens is 902 g/mol. The number of alkyl halides is 2. The second-order valence-corrected chi connectivity index (χ2v) is 19.9. The zero-order valence-electron chi connectivity index (χ0n) is 39.3. The monoisotopic (exact) mass is 960 g/mol. The number of carbonyl (C=O) groups is 2. The first-order valence-electron chi connectivity index (χ1n) is 24.5. The van der Waals surface area contributed by atoms with Crippen LogP contribution in [0.3, 0.4) is 0 Å². The Kier molecular flexibility index (Phi) is 13.6. The fourth-order valence-corrected chi connectivity index (χ4v) is 11.4. The van der Waals surface area contributed by atoms with Crippen LogP contribution in [-0.2, 0) is 31.2 Å². The van der Waals surface area contributed by atoms with Gasteiger partial charge in [0, 0.05) is 113 Å². The molecule has 0 atom stereocenters. The highest BCUT2D eigenvalue weighted by atomic mass is 35.5. The first-order valence-corrected chi connectivity index (χ1v) is 24.9. The van der Waals surface area contributed by atoms with Crippen LogP contribution in [0.2, 0.25) is 5.02 Å². The Hall–Kier alpha value is -6.12. The Bertz CT molecular complexity index is 2710. The number of nitriles is 1. The van der Waals surface area contributed by atoms with Gasteiger partial charge in [0.15, 0.2) is 17.3 Å². The third-order valence-corrected chi connectivity index (χ3v) is 15.3. The second-order valence-electron chi connectivity index (χ2n) is 19.5. The lowest BCUT2D eigenvalue weighted by Crippen LogP contribution is -2.42. The lowest BCUT2D eigenvalue weighted by Gasteiger charge is -2.38. The van der Waals surface area contributed by atoms with Crippen molar-refractivity contribution in [3.63, 3.8) is 0 Å². The van der Waals surface area contributed by atoms with E-state index in [0.29, 0.717) is 65.1 Å². The van der Waals surface area contributed by atoms with Gasteiger partial charge in [-0.2, -0.15) is 15.5 Å². The molecule has 2 amide bonds. The van der Waals surface area contributed by atoms with Gasteiger partial charge in [0.1, 0.15) is 11.8 Å². The minimum Gasteiger partial charge on any atom is -0.490 e. The summed E-state index contributed by atoms with van der Waals surface area (Å²) in [6.07, 6.45) is 10.3. The molecule has 362 valence electrons. The highest BCUT2D eigenvalue weighted by molar-refractivity contribution is 6.31. The molecule has 3 fully saturated rings. The number of fused-ring (bicyclic) bond motifs is 2. The molecule has 69 heavy (non-hydrogen) atoms. The molecule has 0 radical (unpaired) electrons. The Morgan fingerprint density at radius 3 is 2.42 bits per heavy atom. The average Bonchev–Trinajstić information content (AvgIpc) is 3.98. The van der Waals surface area contributed by atoms with E-state index in [9.17, 15) is 18.4 Å². The van der Waals surface area contributed by atoms with E-state index in [1.165, 1.54) is 0 Å². The van der Waals surface area contributed by atoms with Crippen molar-refractivity contribution in [2.24, 2.45) is 13.0 Å². The molecule has 3 aromatic heterocycles. The van der Waals surface area contributed by atoms with Gasteiger partial charge in [-0.25, -0.2) is 8.78 Å². The van der Waals surface area contributed by atoms with Crippen LogP contribution in [0.15, 0.2) is 54.9 Å². The maximum atomic E-state index is 14.8. The lowest BCUT2D eigenvalue weighted by atomic mass is 9.92. The zero-order chi connectivity index (χ0) is 47.8. The van der Waals surface area contributed by atoms with Crippen molar-refractivity contribution in [1.29, 1.82) is 5.26 Å². The third kappa shape index (κ3) is 10.0. The number of likely N-dealkylation sites (tertiary alicyclic amines) is 1. The van der Waals surface area contributed by atoms with Crippen molar-refractivity contribution in [1.82, 2.24) is 44.9 Å². The number of anilines is 3. The molecule has 10 rings (SSSR count). The van der Waals surface area contributed by atoms with E-state index in [2.05, 4.69) is 46.1 Å². The molecule has 5 aliphatic rings. The molecule has 0 spiro atoms. The van der Waals surface area contributed by atoms with Crippen molar-refractivity contribution in [2.45, 2.75) is 109 Å². The molecular formula is C51H59ClF2N12O3. The SMILES string of the molecule is CC(=O)N1CCc2c(c(N3CCCc4cc(-c5cnn(C)c5)c(C(F)F)cc43)nn2C2CCN(CC3CCN(c4ccc(C(=O)NC5CCC(Oc6ccc(C#N)c(Cl)c6)CC5)nn4)CC3)CC2)C1. The van der Waals surface area contributed by atoms with Crippen LogP contribution in [0.5, 0.6) is 5.75 Å². The van der Waals surface area contributed by atoms with E-state index < -0.39 is 6.43 Å². The van der Waals surface area contributed by atoms with Crippen molar-refractivity contribution in [2.75, 3.05) is 55.6 Å². The van der Waals surface area contributed by atoms with Crippen LogP contribution in [-0.4, -0.2) is 109 Å². The summed E-state index contributed by atoms with van der Waals surface area (Å²) >= 11 is 6.18. The predicted octanol–water partition coefficient (Wildman–Crippen LogP) is 8.20. The largest absolute Gasteiger partial charge is 0.490 e. The van der Waals surface area contributed by atoms with Crippen LogP contribution in [0, 0.1) is 17.2 Å². The summed E-state index contributed by atoms with van der Waals surface area (Å²) in [4.78, 5) is 34.7. The topological polar surface area (TPSA) is 154 Å². The first-order chi connectivity index (χ1) is 33.5. The molecule has 2 aromatic carbocycles. The molecule has 7 heterocycles. The lowest BCUT2D eigenvalue weighted by molar-refractivity contribution is -0.129. The van der Waals surface area contributed by atoms with Gasteiger partial charge in [-0.05, 0) is 118 Å². The standard InChI is InChI=1S/C51H59ClF2N12O3/c1-32(67)64-23-17-46-43(31-64)50(65-18-3-4-34-24-41(36-28-56-61(2)30-36)42(49(53)54)26-47(34)65)60-66(46)38-15-19-62(20-16-38)29-33-13-21-63(22-14-33)48-12-11-45(58-59-48)51(68)57-37-6-9-39(10-7-37)69-40-8-5-35(27-55)44(52)25-40/h5,8,11-12,24-26,28,30,33,37-39,49H,3-4,6-7,9-10,13-23,29,31H2,1-2H3,(H,57,68). The van der Waals surface area contributed by atoms with E-state index in [0.717, 1.165) is 131 Å². The zero-order valence-corrected chi connectivity index (χ0v) is 40.1. The van der Waals surface area contributed by atoms with Crippen molar-refractivity contribution in [3.05, 3.63) is 93.5 Å². The highest BCUT2D eigenvalue weighted by Gasteiger charge is 2.36. The number of piperidine rings is 2. The molecule has 1 saturated carbocycles. The van der Waals surface area contributed by atoms with Gasteiger partial charge in [0.05, 0.1) is 35.5 Å². The molecule has 1 N–H and O–H groups in total. The van der Waals surface area contributed by atoms with Crippen molar-refractivity contribution < 1.29 is 23.1 Å². The van der Waals surface area contributed by atoms with Gasteiger partial charge >= 0.3 is 0 Å². The summed E-state index contributed by atoms with van der Waals surface area (Å²) in [5.41, 5.74) is 5.89. The number of benzene rings is 2. The number of ether oxygens (including phenoxy) is 1. The maximum absolute atomic E-state index is 14.8. The Balaban J connectivity index is 0.724. The van der Waals surface area contributed by atoms with Crippen LogP contribution < -0.4 is 19.9 Å². The molecule has 1 aliphatic carbocycles. The van der Waals surface area contributed by atoms with Gasteiger partial charge in [-0.15, -0.1) is 10.2 Å². The highest BCUT2D eigenvalue weighted by Crippen LogP contribution is 2.44. The molecule has 18 heteroatoms. The fraction of sp³-hybridized carbons (Fsp3) is 0.510. The van der Waals surface area contributed by atoms with Crippen LogP contribution in [0.25, 0.3) is 11.1 Å². The van der Waals surface area contributed by atoms with Crippen LogP contribution in [0.4, 0.5) is 26.1 Å². The number of hydrogen-bond donors (Lipinski definition) is 1. The van der Waals surface area contributed by atoms with Crippen molar-refractivity contribution in [3.8, 4) is 22.9 Å². The van der Waals surface area contributed by atoms with Crippen molar-refractivity contribution >= 4 is 40.7 Å². The molecule has 2 saturated heterocycles. The summed E-state index contributed by atoms with van der Waals surface area (Å²) in [6, 6.07) is 14.7. The van der Waals surface area contributed by atoms with Crippen LogP contribution in [0.1, 0.15) is 116 Å². The van der Waals surface area contributed by atoms with E-state index >= 15 is 0 Å². The number of carbonyl (C=O) groups excluding carboxylic acids is 2. The predicted molar refractivity (Wildman–Crippen MR) is 258 cm³/mol. The second kappa shape index (κ2) is 20.1. The van der Waals surface area contributed by atoms with E-state index in [4.69, 9.17) is 26.7 Å². The molecule has 4 aliphatic heterocycles. The number of nitrogens with one attached hydrogen (secondary N) is 1. The quantitative estimate of drug-likeness (QED) is 0.136. The van der Waals surface area contributed by atoms with Gasteiger partial charge < -0.3 is 29.7 Å². The number of amides is 2. The van der Waals surface area contributed by atoms with Gasteiger partial charge in [-0.3, -0.25) is 19.0 Å². The summed E-state index contributed by atoms with van der Waals surface area (Å²) < 4.78 is 39.5. The number of aryl methyl sites for hydroxylation is 2. The fourth-order valence-electron chi connectivity index (χ4n) is 11.2. The average molecular weight is 962 g/mol.